The summed E-state index contributed by atoms with van der Waals surface area (Å²) in [7, 11) is 1.64. The van der Waals surface area contributed by atoms with Crippen LogP contribution in [-0.2, 0) is 0 Å². The summed E-state index contributed by atoms with van der Waals surface area (Å²) < 4.78 is 7.58. The number of amides is 2. The molecule has 1 aliphatic rings. The maximum Gasteiger partial charge on any atom is 0.259 e. The van der Waals surface area contributed by atoms with Crippen LogP contribution in [0.3, 0.4) is 0 Å². The summed E-state index contributed by atoms with van der Waals surface area (Å²) in [5, 5.41) is 2.68. The first-order chi connectivity index (χ1) is 14.9. The highest BCUT2D eigenvalue weighted by atomic mass is 16.5. The van der Waals surface area contributed by atoms with E-state index in [-0.39, 0.29) is 17.2 Å². The summed E-state index contributed by atoms with van der Waals surface area (Å²) in [5.74, 6) is -0.122. The van der Waals surface area contributed by atoms with Gasteiger partial charge in [-0.05, 0) is 38.8 Å². The quantitative estimate of drug-likeness (QED) is 0.704. The lowest BCUT2D eigenvalue weighted by Gasteiger charge is -2.21. The van der Waals surface area contributed by atoms with Crippen molar-refractivity contribution >= 4 is 11.8 Å². The number of pyridine rings is 1. The molecule has 31 heavy (non-hydrogen) atoms. The molecule has 0 saturated heterocycles. The average Bonchev–Trinajstić information content (AvgIpc) is 3.30. The molecule has 7 nitrogen and oxygen atoms in total. The minimum absolute atomic E-state index is 0.0175. The fourth-order valence-corrected chi connectivity index (χ4v) is 3.82. The minimum Gasteiger partial charge on any atom is -0.492 e. The SMILES string of the molecule is CCNC(=O)c1cn(C2CCCC2)cc(C(=O)N(C)CCOc2ccc(C)cc2)c1=O. The van der Waals surface area contributed by atoms with Crippen molar-refractivity contribution in [2.75, 3.05) is 26.7 Å². The van der Waals surface area contributed by atoms with Gasteiger partial charge in [-0.25, -0.2) is 0 Å². The smallest absolute Gasteiger partial charge is 0.259 e. The van der Waals surface area contributed by atoms with Gasteiger partial charge in [-0.15, -0.1) is 0 Å². The third kappa shape index (κ3) is 5.54. The average molecular weight is 426 g/mol. The number of ether oxygens (including phenoxy) is 1. The number of aromatic nitrogens is 1. The van der Waals surface area contributed by atoms with Gasteiger partial charge in [0.05, 0.1) is 6.54 Å². The molecule has 0 radical (unpaired) electrons. The van der Waals surface area contributed by atoms with Gasteiger partial charge in [-0.1, -0.05) is 30.5 Å². The Kier molecular flexibility index (Phi) is 7.50. The summed E-state index contributed by atoms with van der Waals surface area (Å²) in [5.41, 5.74) is 0.652. The molecule has 0 spiro atoms. The van der Waals surface area contributed by atoms with Crippen LogP contribution in [0.5, 0.6) is 5.75 Å². The van der Waals surface area contributed by atoms with Gasteiger partial charge in [-0.3, -0.25) is 14.4 Å². The number of hydrogen-bond acceptors (Lipinski definition) is 4. The van der Waals surface area contributed by atoms with Gasteiger partial charge in [0.15, 0.2) is 0 Å². The standard InChI is InChI=1S/C24H31N3O4/c1-4-25-23(29)20-15-27(18-7-5-6-8-18)16-21(22(20)28)24(30)26(3)13-14-31-19-11-9-17(2)10-12-19/h9-12,15-16,18H,4-8,13-14H2,1-3H3,(H,25,29). The van der Waals surface area contributed by atoms with Crippen LogP contribution in [-0.4, -0.2) is 48.0 Å². The Hall–Kier alpha value is -3.09. The van der Waals surface area contributed by atoms with Crippen LogP contribution >= 0.6 is 0 Å². The number of likely N-dealkylation sites (N-methyl/N-ethyl adjacent to an activating group) is 1. The minimum atomic E-state index is -0.531. The Labute approximate surface area is 183 Å². The van der Waals surface area contributed by atoms with E-state index in [0.717, 1.165) is 37.0 Å². The van der Waals surface area contributed by atoms with Crippen molar-refractivity contribution in [3.05, 3.63) is 63.6 Å². The van der Waals surface area contributed by atoms with Gasteiger partial charge in [0.25, 0.3) is 11.8 Å². The van der Waals surface area contributed by atoms with Crippen LogP contribution in [0.15, 0.2) is 41.5 Å². The number of benzene rings is 1. The molecular formula is C24H31N3O4. The molecule has 3 rings (SSSR count). The Morgan fingerprint density at radius 2 is 1.77 bits per heavy atom. The maximum absolute atomic E-state index is 13.1. The number of aryl methyl sites for hydroxylation is 1. The molecule has 0 aliphatic heterocycles. The first-order valence-electron chi connectivity index (χ1n) is 10.9. The monoisotopic (exact) mass is 425 g/mol. The molecule has 0 unspecified atom stereocenters. The largest absolute Gasteiger partial charge is 0.492 e. The fourth-order valence-electron chi connectivity index (χ4n) is 3.82. The van der Waals surface area contributed by atoms with Crippen molar-refractivity contribution in [2.45, 2.75) is 45.6 Å². The third-order valence-electron chi connectivity index (χ3n) is 5.67. The van der Waals surface area contributed by atoms with Crippen molar-refractivity contribution in [1.82, 2.24) is 14.8 Å². The number of carbonyl (C=O) groups is 2. The second kappa shape index (κ2) is 10.3. The first-order valence-corrected chi connectivity index (χ1v) is 10.9. The van der Waals surface area contributed by atoms with Gasteiger partial charge < -0.3 is 19.5 Å². The number of nitrogens with zero attached hydrogens (tertiary/aromatic N) is 2. The molecule has 1 aromatic heterocycles. The van der Waals surface area contributed by atoms with Crippen molar-refractivity contribution in [1.29, 1.82) is 0 Å². The molecule has 1 aliphatic carbocycles. The fraction of sp³-hybridized carbons (Fsp3) is 0.458. The topological polar surface area (TPSA) is 80.6 Å². The van der Waals surface area contributed by atoms with E-state index < -0.39 is 17.2 Å². The molecule has 0 bridgehead atoms. The lowest BCUT2D eigenvalue weighted by atomic mass is 10.1. The summed E-state index contributed by atoms with van der Waals surface area (Å²) in [6.45, 7) is 4.84. The zero-order valence-electron chi connectivity index (χ0n) is 18.5. The summed E-state index contributed by atoms with van der Waals surface area (Å²) in [6, 6.07) is 7.89. The van der Waals surface area contributed by atoms with E-state index >= 15 is 0 Å². The Morgan fingerprint density at radius 3 is 2.42 bits per heavy atom. The van der Waals surface area contributed by atoms with E-state index in [9.17, 15) is 14.4 Å². The van der Waals surface area contributed by atoms with Crippen LogP contribution in [0, 0.1) is 6.92 Å². The normalized spacial score (nSPS) is 13.8. The lowest BCUT2D eigenvalue weighted by molar-refractivity contribution is 0.0771. The number of hydrogen-bond donors (Lipinski definition) is 1. The van der Waals surface area contributed by atoms with Crippen molar-refractivity contribution in [2.24, 2.45) is 0 Å². The molecule has 1 saturated carbocycles. The van der Waals surface area contributed by atoms with E-state index in [0.29, 0.717) is 19.7 Å². The highest BCUT2D eigenvalue weighted by Gasteiger charge is 2.24. The van der Waals surface area contributed by atoms with Gasteiger partial charge in [0.2, 0.25) is 5.43 Å². The highest BCUT2D eigenvalue weighted by Crippen LogP contribution is 2.29. The van der Waals surface area contributed by atoms with E-state index in [1.807, 2.05) is 35.8 Å². The van der Waals surface area contributed by atoms with Crippen LogP contribution in [0.2, 0.25) is 0 Å². The molecule has 1 aromatic carbocycles. The molecule has 2 amide bonds. The van der Waals surface area contributed by atoms with Crippen LogP contribution in [0.4, 0.5) is 0 Å². The van der Waals surface area contributed by atoms with Crippen LogP contribution in [0.1, 0.15) is 64.9 Å². The Morgan fingerprint density at radius 1 is 1.13 bits per heavy atom. The molecule has 0 atom stereocenters. The molecule has 166 valence electrons. The zero-order valence-corrected chi connectivity index (χ0v) is 18.5. The number of carbonyl (C=O) groups excluding carboxylic acids is 2. The van der Waals surface area contributed by atoms with Crippen LogP contribution in [0.25, 0.3) is 0 Å². The second-order valence-electron chi connectivity index (χ2n) is 8.05. The third-order valence-corrected chi connectivity index (χ3v) is 5.67. The van der Waals surface area contributed by atoms with Crippen LogP contribution < -0.4 is 15.5 Å². The first kappa shape index (κ1) is 22.6. The van der Waals surface area contributed by atoms with E-state index in [4.69, 9.17) is 4.74 Å². The molecule has 1 fully saturated rings. The van der Waals surface area contributed by atoms with Crippen molar-refractivity contribution in [3.63, 3.8) is 0 Å². The summed E-state index contributed by atoms with van der Waals surface area (Å²) >= 11 is 0. The molecule has 1 heterocycles. The predicted molar refractivity (Wildman–Crippen MR) is 120 cm³/mol. The Bertz CT molecular complexity index is 975. The molecular weight excluding hydrogens is 394 g/mol. The van der Waals surface area contributed by atoms with Crippen molar-refractivity contribution in [3.8, 4) is 5.75 Å². The summed E-state index contributed by atoms with van der Waals surface area (Å²) in [4.78, 5) is 40.0. The molecule has 7 heteroatoms. The van der Waals surface area contributed by atoms with E-state index in [1.165, 1.54) is 4.90 Å². The predicted octanol–water partition coefficient (Wildman–Crippen LogP) is 3.17. The van der Waals surface area contributed by atoms with Crippen molar-refractivity contribution < 1.29 is 14.3 Å². The number of rotatable bonds is 8. The maximum atomic E-state index is 13.1. The lowest BCUT2D eigenvalue weighted by Crippen LogP contribution is -2.37. The van der Waals surface area contributed by atoms with E-state index in [2.05, 4.69) is 5.32 Å². The van der Waals surface area contributed by atoms with Gasteiger partial charge >= 0.3 is 0 Å². The van der Waals surface area contributed by atoms with Gasteiger partial charge in [0, 0.05) is 32.0 Å². The molecule has 2 aromatic rings. The van der Waals surface area contributed by atoms with E-state index in [1.54, 1.807) is 26.4 Å². The molecule has 1 N–H and O–H groups in total. The van der Waals surface area contributed by atoms with Gasteiger partial charge in [0.1, 0.15) is 23.5 Å². The Balaban J connectivity index is 1.78. The summed E-state index contributed by atoms with van der Waals surface area (Å²) in [6.07, 6.45) is 7.37. The second-order valence-corrected chi connectivity index (χ2v) is 8.05. The highest BCUT2D eigenvalue weighted by molar-refractivity contribution is 5.99. The van der Waals surface area contributed by atoms with Gasteiger partial charge in [-0.2, -0.15) is 0 Å². The zero-order chi connectivity index (χ0) is 22.4. The number of nitrogens with one attached hydrogen (secondary N) is 1.